The van der Waals surface area contributed by atoms with E-state index in [0.717, 1.165) is 75.1 Å². The zero-order valence-electron chi connectivity index (χ0n) is 23.1. The highest BCUT2D eigenvalue weighted by molar-refractivity contribution is 7.99. The highest BCUT2D eigenvalue weighted by atomic mass is 32.2. The molecule has 1 aliphatic heterocycles. The molecule has 0 spiro atoms. The summed E-state index contributed by atoms with van der Waals surface area (Å²) in [6.45, 7) is 2.61. The monoisotopic (exact) mass is 564 g/mol. The van der Waals surface area contributed by atoms with Crippen molar-refractivity contribution in [2.75, 3.05) is 32.2 Å². The zero-order chi connectivity index (χ0) is 27.6. The molecule has 2 heterocycles. The number of benzene rings is 2. The average molecular weight is 565 g/mol. The molecule has 40 heavy (non-hydrogen) atoms. The summed E-state index contributed by atoms with van der Waals surface area (Å²) in [6, 6.07) is 21.0. The van der Waals surface area contributed by atoms with Gasteiger partial charge in [-0.05, 0) is 62.3 Å². The minimum atomic E-state index is -0.905. The number of hydrogen-bond donors (Lipinski definition) is 1. The summed E-state index contributed by atoms with van der Waals surface area (Å²) in [7, 11) is 0. The van der Waals surface area contributed by atoms with E-state index in [1.807, 2.05) is 17.8 Å². The lowest BCUT2D eigenvalue weighted by molar-refractivity contribution is -0.158. The van der Waals surface area contributed by atoms with Crippen LogP contribution in [0.1, 0.15) is 44.9 Å². The Balaban J connectivity index is 1.34. The number of aliphatic carboxylic acids is 1. The second-order valence-electron chi connectivity index (χ2n) is 10.8. The fourth-order valence-corrected chi connectivity index (χ4v) is 6.67. The maximum Gasteiger partial charge on any atom is 0.329 e. The second-order valence-corrected chi connectivity index (χ2v) is 11.8. The SMILES string of the molecule is O=C(O)COCC1CCC(Cn2nc(-c3ccccc3)c(-c3ccccc3)c2SCCOC2CCCCO2)CC1. The summed E-state index contributed by atoms with van der Waals surface area (Å²) in [6.07, 6.45) is 7.47. The molecule has 1 saturated heterocycles. The molecule has 214 valence electrons. The summed E-state index contributed by atoms with van der Waals surface area (Å²) < 4.78 is 19.5. The van der Waals surface area contributed by atoms with Crippen LogP contribution in [0.25, 0.3) is 22.4 Å². The smallest absolute Gasteiger partial charge is 0.329 e. The van der Waals surface area contributed by atoms with Crippen molar-refractivity contribution < 1.29 is 24.1 Å². The van der Waals surface area contributed by atoms with Gasteiger partial charge in [-0.3, -0.25) is 4.68 Å². The maximum absolute atomic E-state index is 10.8. The highest BCUT2D eigenvalue weighted by Crippen LogP contribution is 2.41. The Morgan fingerprint density at radius 3 is 2.33 bits per heavy atom. The van der Waals surface area contributed by atoms with E-state index >= 15 is 0 Å². The number of ether oxygens (including phenoxy) is 3. The van der Waals surface area contributed by atoms with Gasteiger partial charge in [-0.15, -0.1) is 11.8 Å². The normalized spacial score (nSPS) is 21.4. The van der Waals surface area contributed by atoms with Crippen LogP contribution in [0.15, 0.2) is 65.7 Å². The molecule has 0 radical (unpaired) electrons. The number of thioether (sulfide) groups is 1. The molecule has 0 bridgehead atoms. The van der Waals surface area contributed by atoms with Gasteiger partial charge in [0.2, 0.25) is 0 Å². The third-order valence-corrected chi connectivity index (χ3v) is 8.81. The molecule has 8 heteroatoms. The van der Waals surface area contributed by atoms with Crippen LogP contribution in [-0.4, -0.2) is 59.3 Å². The first kappa shape index (κ1) is 28.9. The molecular formula is C32H40N2O5S. The lowest BCUT2D eigenvalue weighted by atomic mass is 9.82. The van der Waals surface area contributed by atoms with Gasteiger partial charge in [-0.1, -0.05) is 60.7 Å². The number of hydrogen-bond acceptors (Lipinski definition) is 6. The Morgan fingerprint density at radius 1 is 0.950 bits per heavy atom. The van der Waals surface area contributed by atoms with Crippen LogP contribution in [-0.2, 0) is 25.5 Å². The van der Waals surface area contributed by atoms with Gasteiger partial charge >= 0.3 is 5.97 Å². The van der Waals surface area contributed by atoms with Crippen LogP contribution in [0, 0.1) is 11.8 Å². The van der Waals surface area contributed by atoms with E-state index in [9.17, 15) is 4.79 Å². The van der Waals surface area contributed by atoms with Crippen molar-refractivity contribution in [3.8, 4) is 22.4 Å². The molecule has 1 saturated carbocycles. The molecule has 1 aromatic heterocycles. The highest BCUT2D eigenvalue weighted by Gasteiger charge is 2.26. The van der Waals surface area contributed by atoms with Gasteiger partial charge in [-0.2, -0.15) is 5.10 Å². The number of carbonyl (C=O) groups is 1. The largest absolute Gasteiger partial charge is 0.480 e. The minimum absolute atomic E-state index is 0.0811. The average Bonchev–Trinajstić information content (AvgIpc) is 3.35. The first-order valence-corrected chi connectivity index (χ1v) is 15.5. The molecule has 1 aliphatic carbocycles. The van der Waals surface area contributed by atoms with Gasteiger partial charge in [0, 0.05) is 30.0 Å². The summed E-state index contributed by atoms with van der Waals surface area (Å²) in [5.74, 6) is 0.875. The molecule has 1 atom stereocenters. The van der Waals surface area contributed by atoms with Crippen LogP contribution in [0.4, 0.5) is 0 Å². The Morgan fingerprint density at radius 2 is 1.65 bits per heavy atom. The van der Waals surface area contributed by atoms with Crippen molar-refractivity contribution in [3.63, 3.8) is 0 Å². The summed E-state index contributed by atoms with van der Waals surface area (Å²) in [4.78, 5) is 10.8. The van der Waals surface area contributed by atoms with E-state index in [1.165, 1.54) is 16.2 Å². The van der Waals surface area contributed by atoms with Gasteiger partial charge in [0.05, 0.1) is 13.2 Å². The predicted molar refractivity (Wildman–Crippen MR) is 157 cm³/mol. The molecule has 0 amide bonds. The second kappa shape index (κ2) is 14.8. The number of carboxylic acid groups (broad SMARTS) is 1. The van der Waals surface area contributed by atoms with Crippen molar-refractivity contribution in [1.29, 1.82) is 0 Å². The van der Waals surface area contributed by atoms with E-state index in [4.69, 9.17) is 24.4 Å². The molecule has 2 fully saturated rings. The van der Waals surface area contributed by atoms with Crippen molar-refractivity contribution in [2.45, 2.75) is 62.8 Å². The molecule has 2 aliphatic rings. The van der Waals surface area contributed by atoms with Gasteiger partial charge in [0.1, 0.15) is 17.3 Å². The Hall–Kier alpha value is -2.65. The molecule has 1 unspecified atom stereocenters. The summed E-state index contributed by atoms with van der Waals surface area (Å²) in [5.41, 5.74) is 4.49. The third-order valence-electron chi connectivity index (χ3n) is 7.76. The molecule has 1 N–H and O–H groups in total. The van der Waals surface area contributed by atoms with Gasteiger partial charge in [-0.25, -0.2) is 4.79 Å². The van der Waals surface area contributed by atoms with Crippen molar-refractivity contribution in [1.82, 2.24) is 9.78 Å². The lowest BCUT2D eigenvalue weighted by Crippen LogP contribution is -2.24. The standard InChI is InChI=1S/C32H40N2O5S/c35-28(36)23-37-22-25-16-14-24(15-17-25)21-34-32(40-20-19-39-29-13-7-8-18-38-29)30(26-9-3-1-4-10-26)31(33-34)27-11-5-2-6-12-27/h1-6,9-12,24-25,29H,7-8,13-23H2,(H,35,36). The van der Waals surface area contributed by atoms with Crippen molar-refractivity contribution in [2.24, 2.45) is 11.8 Å². The molecule has 2 aromatic carbocycles. The van der Waals surface area contributed by atoms with Crippen LogP contribution in [0.2, 0.25) is 0 Å². The van der Waals surface area contributed by atoms with Gasteiger partial charge in [0.25, 0.3) is 0 Å². The zero-order valence-corrected chi connectivity index (χ0v) is 23.9. The van der Waals surface area contributed by atoms with Gasteiger partial charge < -0.3 is 19.3 Å². The number of rotatable bonds is 13. The van der Waals surface area contributed by atoms with Crippen LogP contribution < -0.4 is 0 Å². The maximum atomic E-state index is 10.8. The fourth-order valence-electron chi connectivity index (χ4n) is 5.68. The Labute approximate surface area is 241 Å². The Bertz CT molecular complexity index is 1190. The number of aromatic nitrogens is 2. The van der Waals surface area contributed by atoms with Crippen LogP contribution in [0.3, 0.4) is 0 Å². The van der Waals surface area contributed by atoms with Crippen LogP contribution >= 0.6 is 11.8 Å². The van der Waals surface area contributed by atoms with Gasteiger partial charge in [0.15, 0.2) is 6.29 Å². The van der Waals surface area contributed by atoms with E-state index in [1.54, 1.807) is 0 Å². The summed E-state index contributed by atoms with van der Waals surface area (Å²) in [5, 5.41) is 15.3. The topological polar surface area (TPSA) is 82.8 Å². The number of nitrogens with zero attached hydrogens (tertiary/aromatic N) is 2. The van der Waals surface area contributed by atoms with Crippen molar-refractivity contribution >= 4 is 17.7 Å². The van der Waals surface area contributed by atoms with Crippen molar-refractivity contribution in [3.05, 3.63) is 60.7 Å². The van der Waals surface area contributed by atoms with E-state index in [-0.39, 0.29) is 12.9 Å². The molecule has 3 aromatic rings. The Kier molecular flexibility index (Phi) is 10.7. The quantitative estimate of drug-likeness (QED) is 0.181. The summed E-state index contributed by atoms with van der Waals surface area (Å²) >= 11 is 1.82. The molecular weight excluding hydrogens is 524 g/mol. The predicted octanol–water partition coefficient (Wildman–Crippen LogP) is 6.76. The third kappa shape index (κ3) is 7.97. The molecule has 7 nitrogen and oxygen atoms in total. The molecule has 5 rings (SSSR count). The van der Waals surface area contributed by atoms with Crippen LogP contribution in [0.5, 0.6) is 0 Å². The lowest BCUT2D eigenvalue weighted by Gasteiger charge is -2.28. The number of carboxylic acids is 1. The first-order chi connectivity index (χ1) is 19.7. The minimum Gasteiger partial charge on any atom is -0.480 e. The first-order valence-electron chi connectivity index (χ1n) is 14.5. The van der Waals surface area contributed by atoms with E-state index in [0.29, 0.717) is 25.0 Å². The fraction of sp³-hybridized carbons (Fsp3) is 0.500. The van der Waals surface area contributed by atoms with E-state index in [2.05, 4.69) is 59.3 Å². The van der Waals surface area contributed by atoms with E-state index < -0.39 is 5.97 Å².